The average molecular weight is 333 g/mol. The quantitative estimate of drug-likeness (QED) is 0.842. The highest BCUT2D eigenvalue weighted by Gasteiger charge is 2.32. The van der Waals surface area contributed by atoms with E-state index in [1.54, 1.807) is 30.3 Å². The topological polar surface area (TPSA) is 72.3 Å². The molecule has 0 saturated carbocycles. The number of benzene rings is 1. The number of hydrogen-bond donors (Lipinski definition) is 0. The number of nitrogens with zero attached hydrogens (tertiary/aromatic N) is 3. The van der Waals surface area contributed by atoms with Gasteiger partial charge in [0.15, 0.2) is 9.84 Å². The molecule has 2 heterocycles. The fraction of sp³-hybridized carbons (Fsp3) is 0.375. The Morgan fingerprint density at radius 2 is 2.09 bits per heavy atom. The molecule has 1 unspecified atom stereocenters. The summed E-state index contributed by atoms with van der Waals surface area (Å²) in [5.74, 6) is 0.0859. The van der Waals surface area contributed by atoms with Gasteiger partial charge in [-0.1, -0.05) is 12.1 Å². The van der Waals surface area contributed by atoms with Crippen LogP contribution in [0.15, 0.2) is 42.7 Å². The summed E-state index contributed by atoms with van der Waals surface area (Å²) >= 11 is 0. The van der Waals surface area contributed by atoms with Crippen molar-refractivity contribution in [2.45, 2.75) is 19.0 Å². The molecule has 0 aliphatic carbocycles. The number of hydrogen-bond acceptors (Lipinski definition) is 4. The molecule has 1 aliphatic heterocycles. The number of aromatic nitrogens is 2. The van der Waals surface area contributed by atoms with E-state index < -0.39 is 9.84 Å². The van der Waals surface area contributed by atoms with E-state index in [1.165, 1.54) is 0 Å². The van der Waals surface area contributed by atoms with Crippen LogP contribution in [0, 0.1) is 0 Å². The summed E-state index contributed by atoms with van der Waals surface area (Å²) in [6.45, 7) is 0.651. The molecule has 122 valence electrons. The molecule has 0 spiro atoms. The molecule has 7 heteroatoms. The van der Waals surface area contributed by atoms with Crippen molar-refractivity contribution in [2.24, 2.45) is 0 Å². The fourth-order valence-corrected chi connectivity index (χ4v) is 4.56. The Hall–Kier alpha value is -2.15. The van der Waals surface area contributed by atoms with Crippen LogP contribution < -0.4 is 0 Å². The Morgan fingerprint density at radius 3 is 2.65 bits per heavy atom. The maximum absolute atomic E-state index is 12.5. The molecule has 6 nitrogen and oxygen atoms in total. The second kappa shape index (κ2) is 6.16. The van der Waals surface area contributed by atoms with Crippen LogP contribution in [-0.4, -0.2) is 53.6 Å². The van der Waals surface area contributed by atoms with Crippen LogP contribution in [0.3, 0.4) is 0 Å². The van der Waals surface area contributed by atoms with Crippen LogP contribution in [0.1, 0.15) is 22.3 Å². The van der Waals surface area contributed by atoms with Gasteiger partial charge < -0.3 is 4.90 Å². The SMILES string of the molecule is CN(C(=O)c1ccc(Cn2cccn2)cc1)C1CCS(=O)(=O)C1. The Kier molecular flexibility index (Phi) is 4.21. The largest absolute Gasteiger partial charge is 0.338 e. The Bertz CT molecular complexity index is 782. The molecule has 0 radical (unpaired) electrons. The molecule has 1 fully saturated rings. The van der Waals surface area contributed by atoms with E-state index in [2.05, 4.69) is 5.10 Å². The molecule has 0 N–H and O–H groups in total. The van der Waals surface area contributed by atoms with E-state index in [4.69, 9.17) is 0 Å². The number of carbonyl (C=O) groups is 1. The van der Waals surface area contributed by atoms with Gasteiger partial charge >= 0.3 is 0 Å². The van der Waals surface area contributed by atoms with Gasteiger partial charge in [-0.3, -0.25) is 9.48 Å². The molecule has 1 aromatic heterocycles. The van der Waals surface area contributed by atoms with Gasteiger partial charge in [-0.15, -0.1) is 0 Å². The minimum absolute atomic E-state index is 0.0621. The van der Waals surface area contributed by atoms with Crippen LogP contribution >= 0.6 is 0 Å². The number of carbonyl (C=O) groups excluding carboxylic acids is 1. The second-order valence-corrected chi connectivity index (χ2v) is 8.10. The second-order valence-electron chi connectivity index (χ2n) is 5.87. The van der Waals surface area contributed by atoms with E-state index in [0.717, 1.165) is 5.56 Å². The first kappa shape index (κ1) is 15.7. The Morgan fingerprint density at radius 1 is 1.35 bits per heavy atom. The lowest BCUT2D eigenvalue weighted by Crippen LogP contribution is -2.37. The van der Waals surface area contributed by atoms with Crippen molar-refractivity contribution < 1.29 is 13.2 Å². The lowest BCUT2D eigenvalue weighted by Gasteiger charge is -2.23. The van der Waals surface area contributed by atoms with E-state index in [-0.39, 0.29) is 23.5 Å². The van der Waals surface area contributed by atoms with Gasteiger partial charge in [0.1, 0.15) is 0 Å². The van der Waals surface area contributed by atoms with Crippen LogP contribution in [-0.2, 0) is 16.4 Å². The summed E-state index contributed by atoms with van der Waals surface area (Å²) in [5.41, 5.74) is 1.62. The third-order valence-electron chi connectivity index (χ3n) is 4.18. The maximum Gasteiger partial charge on any atom is 0.253 e. The third-order valence-corrected chi connectivity index (χ3v) is 5.93. The molecule has 1 atom stereocenters. The summed E-state index contributed by atoms with van der Waals surface area (Å²) in [6.07, 6.45) is 4.12. The van der Waals surface area contributed by atoms with Crippen molar-refractivity contribution in [3.8, 4) is 0 Å². The molecular formula is C16H19N3O3S. The Balaban J connectivity index is 1.68. The molecule has 3 rings (SSSR count). The maximum atomic E-state index is 12.5. The molecule has 1 aliphatic rings. The zero-order valence-corrected chi connectivity index (χ0v) is 13.7. The summed E-state index contributed by atoms with van der Waals surface area (Å²) in [6, 6.07) is 8.99. The number of amides is 1. The molecular weight excluding hydrogens is 314 g/mol. The van der Waals surface area contributed by atoms with Crippen molar-refractivity contribution >= 4 is 15.7 Å². The standard InChI is InChI=1S/C16H19N3O3S/c1-18(15-7-10-23(21,22)12-15)16(20)14-5-3-13(4-6-14)11-19-9-2-8-17-19/h2-6,8-9,15H,7,10-12H2,1H3. The van der Waals surface area contributed by atoms with Crippen molar-refractivity contribution in [3.05, 3.63) is 53.9 Å². The van der Waals surface area contributed by atoms with E-state index in [1.807, 2.05) is 29.1 Å². The minimum atomic E-state index is -3.00. The van der Waals surface area contributed by atoms with Gasteiger partial charge in [0.05, 0.1) is 18.1 Å². The first-order valence-corrected chi connectivity index (χ1v) is 9.31. The van der Waals surface area contributed by atoms with Crippen LogP contribution in [0.25, 0.3) is 0 Å². The van der Waals surface area contributed by atoms with Crippen molar-refractivity contribution in [1.82, 2.24) is 14.7 Å². The number of sulfone groups is 1. The molecule has 1 aromatic carbocycles. The average Bonchev–Trinajstić information content (AvgIpc) is 3.16. The molecule has 1 saturated heterocycles. The van der Waals surface area contributed by atoms with Crippen molar-refractivity contribution in [1.29, 1.82) is 0 Å². The first-order valence-electron chi connectivity index (χ1n) is 7.48. The smallest absolute Gasteiger partial charge is 0.253 e. The van der Waals surface area contributed by atoms with Gasteiger partial charge in [0.2, 0.25) is 0 Å². The summed E-state index contributed by atoms with van der Waals surface area (Å²) in [7, 11) is -1.32. The zero-order chi connectivity index (χ0) is 16.4. The normalized spacial score (nSPS) is 19.6. The van der Waals surface area contributed by atoms with Gasteiger partial charge in [-0.05, 0) is 30.2 Å². The molecule has 23 heavy (non-hydrogen) atoms. The number of rotatable bonds is 4. The van der Waals surface area contributed by atoms with Gasteiger partial charge in [0.25, 0.3) is 5.91 Å². The van der Waals surface area contributed by atoms with Gasteiger partial charge in [0, 0.05) is 31.0 Å². The highest BCUT2D eigenvalue weighted by molar-refractivity contribution is 7.91. The van der Waals surface area contributed by atoms with Gasteiger partial charge in [-0.2, -0.15) is 5.10 Å². The third kappa shape index (κ3) is 3.61. The highest BCUT2D eigenvalue weighted by atomic mass is 32.2. The van der Waals surface area contributed by atoms with Crippen LogP contribution in [0.2, 0.25) is 0 Å². The predicted molar refractivity (Wildman–Crippen MR) is 86.9 cm³/mol. The van der Waals surface area contributed by atoms with Gasteiger partial charge in [-0.25, -0.2) is 8.42 Å². The lowest BCUT2D eigenvalue weighted by atomic mass is 10.1. The summed E-state index contributed by atoms with van der Waals surface area (Å²) in [4.78, 5) is 14.0. The Labute approximate surface area is 135 Å². The minimum Gasteiger partial charge on any atom is -0.338 e. The first-order chi connectivity index (χ1) is 10.9. The highest BCUT2D eigenvalue weighted by Crippen LogP contribution is 2.19. The fourth-order valence-electron chi connectivity index (χ4n) is 2.78. The van der Waals surface area contributed by atoms with Crippen molar-refractivity contribution in [3.63, 3.8) is 0 Å². The predicted octanol–water partition coefficient (Wildman–Crippen LogP) is 1.19. The van der Waals surface area contributed by atoms with E-state index in [9.17, 15) is 13.2 Å². The summed E-state index contributed by atoms with van der Waals surface area (Å²) in [5, 5.41) is 4.15. The lowest BCUT2D eigenvalue weighted by molar-refractivity contribution is 0.0747. The van der Waals surface area contributed by atoms with E-state index >= 15 is 0 Å². The van der Waals surface area contributed by atoms with Crippen LogP contribution in [0.4, 0.5) is 0 Å². The monoisotopic (exact) mass is 333 g/mol. The van der Waals surface area contributed by atoms with Crippen molar-refractivity contribution in [2.75, 3.05) is 18.6 Å². The molecule has 2 aromatic rings. The molecule has 0 bridgehead atoms. The van der Waals surface area contributed by atoms with E-state index in [0.29, 0.717) is 18.5 Å². The molecule has 1 amide bonds. The van der Waals surface area contributed by atoms with Crippen LogP contribution in [0.5, 0.6) is 0 Å². The zero-order valence-electron chi connectivity index (χ0n) is 12.9. The summed E-state index contributed by atoms with van der Waals surface area (Å²) < 4.78 is 24.9.